The number of halogens is 1. The Morgan fingerprint density at radius 1 is 1.39 bits per heavy atom. The number of amides is 2. The summed E-state index contributed by atoms with van der Waals surface area (Å²) in [5.41, 5.74) is 0.842. The molecule has 0 saturated carbocycles. The van der Waals surface area contributed by atoms with Gasteiger partial charge in [-0.1, -0.05) is 17.7 Å². The van der Waals surface area contributed by atoms with Crippen molar-refractivity contribution < 1.29 is 14.3 Å². The van der Waals surface area contributed by atoms with Gasteiger partial charge >= 0.3 is 0 Å². The Kier molecular flexibility index (Phi) is 7.26. The number of carbonyl (C=O) groups is 2. The number of hydrogen-bond donors (Lipinski definition) is 1. The van der Waals surface area contributed by atoms with Crippen molar-refractivity contribution in [2.45, 2.75) is 32.9 Å². The van der Waals surface area contributed by atoms with Crippen LogP contribution in [0.1, 0.15) is 31.1 Å². The number of rotatable bonds is 7. The van der Waals surface area contributed by atoms with E-state index in [9.17, 15) is 9.59 Å². The molecule has 0 fully saturated rings. The van der Waals surface area contributed by atoms with Crippen molar-refractivity contribution in [2.75, 3.05) is 19.0 Å². The quantitative estimate of drug-likeness (QED) is 0.776. The zero-order valence-electron chi connectivity index (χ0n) is 13.9. The third-order valence-electron chi connectivity index (χ3n) is 3.40. The summed E-state index contributed by atoms with van der Waals surface area (Å²) in [5.74, 6) is -0.473. The van der Waals surface area contributed by atoms with E-state index >= 15 is 0 Å². The summed E-state index contributed by atoms with van der Waals surface area (Å²) in [6.07, 6.45) is 0.916. The van der Waals surface area contributed by atoms with Crippen LogP contribution in [0, 0.1) is 0 Å². The minimum absolute atomic E-state index is 0.0727. The first kappa shape index (κ1) is 19.2. The monoisotopic (exact) mass is 338 g/mol. The summed E-state index contributed by atoms with van der Waals surface area (Å²) >= 11 is 6.10. The molecule has 0 spiro atoms. The van der Waals surface area contributed by atoms with Gasteiger partial charge in [0.25, 0.3) is 11.8 Å². The molecule has 1 N–H and O–H groups in total. The van der Waals surface area contributed by atoms with E-state index in [0.29, 0.717) is 16.3 Å². The molecular formula is C17H23ClN2O3. The van der Waals surface area contributed by atoms with E-state index in [1.54, 1.807) is 43.1 Å². The van der Waals surface area contributed by atoms with Crippen molar-refractivity contribution in [2.24, 2.45) is 0 Å². The van der Waals surface area contributed by atoms with Crippen molar-refractivity contribution in [3.8, 4) is 0 Å². The van der Waals surface area contributed by atoms with Gasteiger partial charge in [0.05, 0.1) is 17.3 Å². The maximum absolute atomic E-state index is 12.3. The van der Waals surface area contributed by atoms with Crippen LogP contribution in [0.4, 0.5) is 5.69 Å². The van der Waals surface area contributed by atoms with E-state index < -0.39 is 6.10 Å². The third-order valence-corrected chi connectivity index (χ3v) is 3.73. The van der Waals surface area contributed by atoms with Gasteiger partial charge in [0.2, 0.25) is 0 Å². The molecule has 0 aliphatic rings. The Balaban J connectivity index is 2.91. The molecule has 0 unspecified atom stereocenters. The second-order valence-corrected chi connectivity index (χ2v) is 5.87. The van der Waals surface area contributed by atoms with Gasteiger partial charge in [-0.25, -0.2) is 0 Å². The van der Waals surface area contributed by atoms with Crippen LogP contribution in [0.5, 0.6) is 0 Å². The van der Waals surface area contributed by atoms with Crippen LogP contribution in [0.15, 0.2) is 30.9 Å². The SMILES string of the molecule is C=CCO[C@@H](C)C(=O)Nc1cc(C(=O)N(C)C(C)C)ccc1Cl. The molecule has 2 amide bonds. The first-order chi connectivity index (χ1) is 10.8. The topological polar surface area (TPSA) is 58.6 Å². The van der Waals surface area contributed by atoms with Gasteiger partial charge in [-0.3, -0.25) is 9.59 Å². The molecule has 6 heteroatoms. The molecule has 0 bridgehead atoms. The predicted molar refractivity (Wildman–Crippen MR) is 92.9 cm³/mol. The van der Waals surface area contributed by atoms with Crippen molar-refractivity contribution in [3.63, 3.8) is 0 Å². The highest BCUT2D eigenvalue weighted by atomic mass is 35.5. The van der Waals surface area contributed by atoms with E-state index in [2.05, 4.69) is 11.9 Å². The molecule has 0 aromatic heterocycles. The summed E-state index contributed by atoms with van der Waals surface area (Å²) in [6.45, 7) is 9.29. The van der Waals surface area contributed by atoms with E-state index in [1.165, 1.54) is 0 Å². The molecule has 1 aromatic rings. The molecule has 0 aliphatic heterocycles. The number of benzene rings is 1. The molecule has 0 radical (unpaired) electrons. The van der Waals surface area contributed by atoms with Crippen LogP contribution in [-0.2, 0) is 9.53 Å². The van der Waals surface area contributed by atoms with Crippen LogP contribution >= 0.6 is 11.6 Å². The zero-order chi connectivity index (χ0) is 17.6. The fourth-order valence-corrected chi connectivity index (χ4v) is 1.88. The highest BCUT2D eigenvalue weighted by molar-refractivity contribution is 6.34. The lowest BCUT2D eigenvalue weighted by Crippen LogP contribution is -2.33. The van der Waals surface area contributed by atoms with Crippen molar-refractivity contribution in [3.05, 3.63) is 41.4 Å². The Morgan fingerprint density at radius 2 is 2.04 bits per heavy atom. The molecule has 0 aliphatic carbocycles. The number of ether oxygens (including phenoxy) is 1. The molecule has 1 rings (SSSR count). The lowest BCUT2D eigenvalue weighted by atomic mass is 10.1. The molecule has 0 heterocycles. The summed E-state index contributed by atoms with van der Waals surface area (Å²) in [4.78, 5) is 26.0. The van der Waals surface area contributed by atoms with Gasteiger partial charge in [0.15, 0.2) is 0 Å². The minimum atomic E-state index is -0.651. The predicted octanol–water partition coefficient (Wildman–Crippen LogP) is 3.35. The van der Waals surface area contributed by atoms with Crippen LogP contribution in [0.3, 0.4) is 0 Å². The van der Waals surface area contributed by atoms with Crippen LogP contribution < -0.4 is 5.32 Å². The standard InChI is InChI=1S/C17H23ClN2O3/c1-6-9-23-12(4)16(21)19-15-10-13(7-8-14(15)18)17(22)20(5)11(2)3/h6-8,10-12H,1,9H2,2-5H3,(H,19,21)/t12-/m0/s1. The van der Waals surface area contributed by atoms with E-state index in [1.807, 2.05) is 13.8 Å². The Hall–Kier alpha value is -1.85. The number of nitrogens with zero attached hydrogens (tertiary/aromatic N) is 1. The van der Waals surface area contributed by atoms with Gasteiger partial charge < -0.3 is 15.0 Å². The number of nitrogens with one attached hydrogen (secondary N) is 1. The molecule has 5 nitrogen and oxygen atoms in total. The smallest absolute Gasteiger partial charge is 0.253 e. The maximum Gasteiger partial charge on any atom is 0.253 e. The second kappa shape index (κ2) is 8.70. The normalized spacial score (nSPS) is 11.9. The number of carbonyl (C=O) groups excluding carboxylic acids is 2. The number of anilines is 1. The Morgan fingerprint density at radius 3 is 2.61 bits per heavy atom. The van der Waals surface area contributed by atoms with Crippen molar-refractivity contribution in [1.29, 1.82) is 0 Å². The second-order valence-electron chi connectivity index (χ2n) is 5.46. The molecule has 1 atom stereocenters. The molecule has 126 valence electrons. The first-order valence-corrected chi connectivity index (χ1v) is 7.75. The van der Waals surface area contributed by atoms with Gasteiger partial charge in [0.1, 0.15) is 6.10 Å². The average molecular weight is 339 g/mol. The zero-order valence-corrected chi connectivity index (χ0v) is 14.7. The van der Waals surface area contributed by atoms with Crippen LogP contribution in [0.2, 0.25) is 5.02 Å². The molecular weight excluding hydrogens is 316 g/mol. The van der Waals surface area contributed by atoms with E-state index in [4.69, 9.17) is 16.3 Å². The van der Waals surface area contributed by atoms with E-state index in [-0.39, 0.29) is 24.5 Å². The summed E-state index contributed by atoms with van der Waals surface area (Å²) in [7, 11) is 1.73. The van der Waals surface area contributed by atoms with Crippen LogP contribution in [-0.4, -0.2) is 42.5 Å². The largest absolute Gasteiger partial charge is 0.365 e. The molecule has 1 aromatic carbocycles. The Labute approximate surface area is 142 Å². The number of hydrogen-bond acceptors (Lipinski definition) is 3. The lowest BCUT2D eigenvalue weighted by Gasteiger charge is -2.22. The molecule has 0 saturated heterocycles. The highest BCUT2D eigenvalue weighted by Gasteiger charge is 2.18. The average Bonchev–Trinajstić information content (AvgIpc) is 2.52. The van der Waals surface area contributed by atoms with Crippen molar-refractivity contribution in [1.82, 2.24) is 4.90 Å². The summed E-state index contributed by atoms with van der Waals surface area (Å²) < 4.78 is 5.26. The van der Waals surface area contributed by atoms with Crippen LogP contribution in [0.25, 0.3) is 0 Å². The van der Waals surface area contributed by atoms with Gasteiger partial charge in [-0.05, 0) is 39.0 Å². The maximum atomic E-state index is 12.3. The fourth-order valence-electron chi connectivity index (χ4n) is 1.71. The minimum Gasteiger partial charge on any atom is -0.365 e. The van der Waals surface area contributed by atoms with Gasteiger partial charge in [-0.2, -0.15) is 0 Å². The lowest BCUT2D eigenvalue weighted by molar-refractivity contribution is -0.125. The Bertz CT molecular complexity index is 587. The summed E-state index contributed by atoms with van der Waals surface area (Å²) in [5, 5.41) is 3.04. The fraction of sp³-hybridized carbons (Fsp3) is 0.412. The van der Waals surface area contributed by atoms with Gasteiger partial charge in [-0.15, -0.1) is 6.58 Å². The highest BCUT2D eigenvalue weighted by Crippen LogP contribution is 2.24. The summed E-state index contributed by atoms with van der Waals surface area (Å²) in [6, 6.07) is 4.87. The van der Waals surface area contributed by atoms with E-state index in [0.717, 1.165) is 0 Å². The first-order valence-electron chi connectivity index (χ1n) is 7.38. The van der Waals surface area contributed by atoms with Crippen molar-refractivity contribution >= 4 is 29.1 Å². The van der Waals surface area contributed by atoms with Gasteiger partial charge in [0, 0.05) is 18.7 Å². The molecule has 23 heavy (non-hydrogen) atoms. The third kappa shape index (κ3) is 5.37.